The molecule has 9 rings (SSSR count). The highest BCUT2D eigenvalue weighted by molar-refractivity contribution is 8.06. The molecule has 2 heterocycles. The summed E-state index contributed by atoms with van der Waals surface area (Å²) >= 11 is 1.50. The van der Waals surface area contributed by atoms with Gasteiger partial charge in [-0.05, 0) is 104 Å². The van der Waals surface area contributed by atoms with Crippen molar-refractivity contribution < 1.29 is 8.83 Å². The van der Waals surface area contributed by atoms with Crippen molar-refractivity contribution in [2.75, 3.05) is 0 Å². The van der Waals surface area contributed by atoms with Gasteiger partial charge in [-0.2, -0.15) is 9.97 Å². The molecule has 0 aliphatic heterocycles. The van der Waals surface area contributed by atoms with Crippen molar-refractivity contribution in [2.24, 2.45) is 0 Å². The molecule has 7 aromatic carbocycles. The Morgan fingerprint density at radius 2 is 0.684 bits per heavy atom. The lowest BCUT2D eigenvalue weighted by Crippen LogP contribution is -2.40. The van der Waals surface area contributed by atoms with Crippen molar-refractivity contribution in [3.8, 4) is 11.5 Å². The third-order valence-corrected chi connectivity index (χ3v) is 19.8. The molecule has 0 N–H and O–H groups in total. The van der Waals surface area contributed by atoms with E-state index in [9.17, 15) is 0 Å². The van der Waals surface area contributed by atoms with Crippen LogP contribution in [-0.2, 0) is 0 Å². The first kappa shape index (κ1) is 36.8. The van der Waals surface area contributed by atoms with Crippen molar-refractivity contribution in [3.05, 3.63) is 218 Å². The second kappa shape index (κ2) is 16.0. The standard InChI is InChI=1S/C50H40N2O2P2S/c1-37-33-35-39(36-34-37)46-52-48(56(43-27-15-6-16-28-43,44-29-17-7-18-30-44)45-31-19-8-20-32-45)50(54-46)57-49-47(51-38(2)53-49)55(40-21-9-3-10-22-40,41-23-11-4-12-24-41)42-25-13-5-14-26-42/h3-36H,1-2H3/q+2. The topological polar surface area (TPSA) is 52.1 Å². The Balaban J connectivity index is 1.36. The normalized spacial score (nSPS) is 11.8. The van der Waals surface area contributed by atoms with Crippen LogP contribution in [0, 0.1) is 13.8 Å². The summed E-state index contributed by atoms with van der Waals surface area (Å²) in [7, 11) is -5.32. The molecule has 0 spiro atoms. The highest BCUT2D eigenvalue weighted by Gasteiger charge is 2.56. The second-order valence-corrected chi connectivity index (χ2v) is 21.4. The summed E-state index contributed by atoms with van der Waals surface area (Å²) in [6.07, 6.45) is 0. The molecule has 7 heteroatoms. The maximum atomic E-state index is 7.11. The van der Waals surface area contributed by atoms with Gasteiger partial charge in [-0.15, -0.1) is 0 Å². The van der Waals surface area contributed by atoms with E-state index in [2.05, 4.69) is 213 Å². The van der Waals surface area contributed by atoms with E-state index >= 15 is 0 Å². The number of hydrogen-bond acceptors (Lipinski definition) is 5. The first-order chi connectivity index (χ1) is 28.1. The summed E-state index contributed by atoms with van der Waals surface area (Å²) in [5.74, 6) is 1.16. The van der Waals surface area contributed by atoms with E-state index in [0.29, 0.717) is 22.0 Å². The third kappa shape index (κ3) is 6.66. The van der Waals surface area contributed by atoms with E-state index in [4.69, 9.17) is 18.8 Å². The molecule has 0 bridgehead atoms. The largest absolute Gasteiger partial charge is 0.430 e. The average Bonchev–Trinajstić information content (AvgIpc) is 3.87. The fraction of sp³-hybridized carbons (Fsp3) is 0.0400. The van der Waals surface area contributed by atoms with Crippen LogP contribution in [0.5, 0.6) is 0 Å². The SMILES string of the molecule is Cc1ccc(-c2nc([P+](c3ccccc3)(c3ccccc3)c3ccccc3)c(Sc3oc(C)nc3[P+](c3ccccc3)(c3ccccc3)c3ccccc3)o2)cc1. The maximum Gasteiger partial charge on any atom is 0.251 e. The summed E-state index contributed by atoms with van der Waals surface area (Å²) in [6.45, 7) is 4.04. The molecule has 0 atom stereocenters. The maximum absolute atomic E-state index is 7.11. The fourth-order valence-corrected chi connectivity index (χ4v) is 17.7. The number of aromatic nitrogens is 2. The van der Waals surface area contributed by atoms with Crippen LogP contribution in [0.15, 0.2) is 225 Å². The summed E-state index contributed by atoms with van der Waals surface area (Å²) in [6, 6.07) is 73.2. The van der Waals surface area contributed by atoms with E-state index in [0.717, 1.165) is 16.4 Å². The molecule has 276 valence electrons. The predicted octanol–water partition coefficient (Wildman–Crippen LogP) is 9.34. The minimum absolute atomic E-state index is 0.563. The van der Waals surface area contributed by atoms with Gasteiger partial charge in [-0.1, -0.05) is 127 Å². The number of oxazole rings is 2. The second-order valence-electron chi connectivity index (χ2n) is 13.8. The van der Waals surface area contributed by atoms with Gasteiger partial charge in [0.15, 0.2) is 20.4 Å². The first-order valence-corrected chi connectivity index (χ1v) is 23.3. The van der Waals surface area contributed by atoms with E-state index in [1.54, 1.807) is 0 Å². The third-order valence-electron chi connectivity index (χ3n) is 10.2. The Morgan fingerprint density at radius 1 is 0.368 bits per heavy atom. The summed E-state index contributed by atoms with van der Waals surface area (Å²) in [4.78, 5) is 10.9. The fourth-order valence-electron chi connectivity index (χ4n) is 7.69. The molecule has 9 aromatic rings. The van der Waals surface area contributed by atoms with Crippen LogP contribution in [0.25, 0.3) is 11.5 Å². The Morgan fingerprint density at radius 3 is 1.04 bits per heavy atom. The number of rotatable bonds is 11. The molecule has 0 saturated heterocycles. The van der Waals surface area contributed by atoms with Crippen LogP contribution in [-0.4, -0.2) is 9.97 Å². The molecular formula is C50H40N2O2P2S+2. The van der Waals surface area contributed by atoms with Crippen LogP contribution in [0.2, 0.25) is 0 Å². The van der Waals surface area contributed by atoms with Crippen molar-refractivity contribution in [1.82, 2.24) is 9.97 Å². The van der Waals surface area contributed by atoms with Gasteiger partial charge in [0, 0.05) is 12.5 Å². The van der Waals surface area contributed by atoms with Crippen LogP contribution in [0.1, 0.15) is 11.5 Å². The summed E-state index contributed by atoms with van der Waals surface area (Å²) in [5.41, 5.74) is 3.87. The van der Waals surface area contributed by atoms with Crippen molar-refractivity contribution in [1.29, 1.82) is 0 Å². The smallest absolute Gasteiger partial charge is 0.251 e. The molecule has 2 aromatic heterocycles. The molecule has 0 aliphatic carbocycles. The number of hydrogen-bond donors (Lipinski definition) is 0. The van der Waals surface area contributed by atoms with E-state index in [1.807, 2.05) is 6.92 Å². The predicted molar refractivity (Wildman–Crippen MR) is 242 cm³/mol. The number of aryl methyl sites for hydroxylation is 2. The van der Waals surface area contributed by atoms with Crippen LogP contribution in [0.4, 0.5) is 0 Å². The van der Waals surface area contributed by atoms with E-state index in [1.165, 1.54) is 49.2 Å². The van der Waals surface area contributed by atoms with Crippen molar-refractivity contribution in [3.63, 3.8) is 0 Å². The number of nitrogens with zero attached hydrogens (tertiary/aromatic N) is 2. The van der Waals surface area contributed by atoms with Crippen molar-refractivity contribution >= 4 is 69.0 Å². The molecule has 0 amide bonds. The molecule has 4 nitrogen and oxygen atoms in total. The van der Waals surface area contributed by atoms with Crippen LogP contribution < -0.4 is 42.7 Å². The van der Waals surface area contributed by atoms with Gasteiger partial charge in [0.05, 0.1) is 0 Å². The molecule has 57 heavy (non-hydrogen) atoms. The monoisotopic (exact) mass is 794 g/mol. The minimum atomic E-state index is -2.69. The van der Waals surface area contributed by atoms with Gasteiger partial charge in [0.2, 0.25) is 16.1 Å². The zero-order valence-electron chi connectivity index (χ0n) is 31.6. The Labute approximate surface area is 339 Å². The molecule has 0 aliphatic rings. The zero-order chi connectivity index (χ0) is 38.7. The summed E-state index contributed by atoms with van der Waals surface area (Å²) < 4.78 is 13.9. The quantitative estimate of drug-likeness (QED) is 0.122. The lowest BCUT2D eigenvalue weighted by molar-refractivity contribution is 0.437. The molecule has 0 saturated carbocycles. The van der Waals surface area contributed by atoms with Crippen LogP contribution in [0.3, 0.4) is 0 Å². The van der Waals surface area contributed by atoms with Gasteiger partial charge >= 0.3 is 0 Å². The lowest BCUT2D eigenvalue weighted by Gasteiger charge is -2.26. The number of benzene rings is 7. The minimum Gasteiger partial charge on any atom is -0.430 e. The molecular weight excluding hydrogens is 755 g/mol. The van der Waals surface area contributed by atoms with Gasteiger partial charge in [-0.25, -0.2) is 0 Å². The van der Waals surface area contributed by atoms with Gasteiger partial charge < -0.3 is 8.83 Å². The Kier molecular flexibility index (Phi) is 10.3. The molecule has 0 unspecified atom stereocenters. The summed E-state index contributed by atoms with van der Waals surface area (Å²) in [5, 5.41) is 8.49. The Bertz CT molecular complexity index is 2510. The van der Waals surface area contributed by atoms with Gasteiger partial charge in [-0.3, -0.25) is 0 Å². The zero-order valence-corrected chi connectivity index (χ0v) is 34.2. The molecule has 0 radical (unpaired) electrons. The average molecular weight is 795 g/mol. The van der Waals surface area contributed by atoms with Crippen molar-refractivity contribution in [2.45, 2.75) is 24.0 Å². The van der Waals surface area contributed by atoms with Gasteiger partial charge in [0.1, 0.15) is 31.8 Å². The highest BCUT2D eigenvalue weighted by atomic mass is 32.2. The molecule has 0 fully saturated rings. The lowest BCUT2D eigenvalue weighted by atomic mass is 10.1. The first-order valence-electron chi connectivity index (χ1n) is 18.9. The van der Waals surface area contributed by atoms with E-state index in [-0.39, 0.29) is 0 Å². The van der Waals surface area contributed by atoms with Crippen LogP contribution >= 0.6 is 26.3 Å². The Hall–Kier alpha value is -5.83. The highest BCUT2D eigenvalue weighted by Crippen LogP contribution is 2.59. The van der Waals surface area contributed by atoms with Gasteiger partial charge in [0.25, 0.3) is 10.9 Å². The van der Waals surface area contributed by atoms with E-state index < -0.39 is 14.5 Å².